The minimum absolute atomic E-state index is 0.0281. The lowest BCUT2D eigenvalue weighted by Gasteiger charge is -2.26. The van der Waals surface area contributed by atoms with E-state index in [9.17, 15) is 26.4 Å². The number of aromatic nitrogens is 4. The van der Waals surface area contributed by atoms with Gasteiger partial charge in [0.1, 0.15) is 0 Å². The molecule has 4 rings (SSSR count). The highest BCUT2D eigenvalue weighted by Crippen LogP contribution is 2.31. The summed E-state index contributed by atoms with van der Waals surface area (Å²) in [7, 11) is -3.27. The summed E-state index contributed by atoms with van der Waals surface area (Å²) >= 11 is 0. The smallest absolute Gasteiger partial charge is 0.341 e. The van der Waals surface area contributed by atoms with Crippen LogP contribution >= 0.6 is 0 Å². The van der Waals surface area contributed by atoms with Crippen molar-refractivity contribution >= 4 is 15.7 Å². The highest BCUT2D eigenvalue weighted by molar-refractivity contribution is 7.91. The van der Waals surface area contributed by atoms with Crippen molar-refractivity contribution in [1.82, 2.24) is 25.3 Å². The van der Waals surface area contributed by atoms with Crippen molar-refractivity contribution in [2.24, 2.45) is 0 Å². The van der Waals surface area contributed by atoms with Gasteiger partial charge in [-0.05, 0) is 38.8 Å². The molecule has 1 N–H and O–H groups in total. The van der Waals surface area contributed by atoms with Crippen molar-refractivity contribution in [2.75, 3.05) is 0 Å². The van der Waals surface area contributed by atoms with Crippen LogP contribution in [-0.4, -0.2) is 39.5 Å². The van der Waals surface area contributed by atoms with Gasteiger partial charge in [-0.15, -0.1) is 0 Å². The first-order valence-corrected chi connectivity index (χ1v) is 12.4. The summed E-state index contributed by atoms with van der Waals surface area (Å²) < 4.78 is 63.3. The number of benzene rings is 1. The summed E-state index contributed by atoms with van der Waals surface area (Å²) in [6, 6.07) is 5.89. The predicted octanol–water partition coefficient (Wildman–Crippen LogP) is 3.69. The van der Waals surface area contributed by atoms with E-state index in [4.69, 9.17) is 0 Å². The normalized spacial score (nSPS) is 14.5. The van der Waals surface area contributed by atoms with E-state index in [1.807, 2.05) is 0 Å². The molecule has 0 aliphatic heterocycles. The number of sulfone groups is 1. The maximum absolute atomic E-state index is 12.9. The van der Waals surface area contributed by atoms with Gasteiger partial charge in [-0.3, -0.25) is 19.7 Å². The van der Waals surface area contributed by atoms with E-state index in [-0.39, 0.29) is 22.3 Å². The Hall–Kier alpha value is -3.41. The highest BCUT2D eigenvalue weighted by atomic mass is 32.2. The molecule has 0 radical (unpaired) electrons. The van der Waals surface area contributed by atoms with Gasteiger partial charge in [-0.1, -0.05) is 12.1 Å². The summed E-state index contributed by atoms with van der Waals surface area (Å²) in [6.45, 7) is 3.42. The number of carbonyl (C=O) groups is 1. The molecule has 2 aromatic heterocycles. The maximum Gasteiger partial charge on any atom is 0.434 e. The summed E-state index contributed by atoms with van der Waals surface area (Å²) in [5.41, 5.74) is -0.716. The maximum atomic E-state index is 12.9. The Kier molecular flexibility index (Phi) is 6.34. The molecular formula is C23H22F3N5O3S. The predicted molar refractivity (Wildman–Crippen MR) is 121 cm³/mol. The summed E-state index contributed by atoms with van der Waals surface area (Å²) in [4.78, 5) is 28.5. The molecule has 0 saturated heterocycles. The van der Waals surface area contributed by atoms with E-state index in [0.717, 1.165) is 0 Å². The number of alkyl halides is 3. The Balaban J connectivity index is 1.48. The van der Waals surface area contributed by atoms with Gasteiger partial charge in [0.05, 0.1) is 52.2 Å². The van der Waals surface area contributed by atoms with E-state index in [2.05, 4.69) is 25.3 Å². The van der Waals surface area contributed by atoms with Gasteiger partial charge >= 0.3 is 6.18 Å². The molecule has 2 heterocycles. The molecule has 0 bridgehead atoms. The molecule has 0 spiro atoms. The molecule has 184 valence electrons. The van der Waals surface area contributed by atoms with E-state index >= 15 is 0 Å². The van der Waals surface area contributed by atoms with Crippen LogP contribution in [0.15, 0.2) is 49.1 Å². The number of nitrogens with zero attached hydrogens (tertiary/aromatic N) is 4. The molecule has 3 aromatic rings. The second-order valence-electron chi connectivity index (χ2n) is 8.85. The Morgan fingerprint density at radius 3 is 2.23 bits per heavy atom. The molecular weight excluding hydrogens is 483 g/mol. The second kappa shape index (κ2) is 8.99. The van der Waals surface area contributed by atoms with Gasteiger partial charge in [0.2, 0.25) is 0 Å². The van der Waals surface area contributed by atoms with Crippen molar-refractivity contribution in [3.05, 3.63) is 71.7 Å². The second-order valence-corrected chi connectivity index (χ2v) is 11.1. The van der Waals surface area contributed by atoms with Crippen LogP contribution < -0.4 is 5.32 Å². The standard InChI is InChI=1S/C23H22F3N5O3S/c1-22(2,19-11-27-9-16(29-19)13-35(33,34)17-7-8-17)31-21(32)15-5-3-14(4-6-15)18-10-28-12-20(30-18)23(24,25)26/h3-6,9-12,17H,7-8,13H2,1-2H3,(H,31,32). The molecule has 0 atom stereocenters. The summed E-state index contributed by atoms with van der Waals surface area (Å²) in [5, 5.41) is 2.52. The Morgan fingerprint density at radius 2 is 1.60 bits per heavy atom. The molecule has 12 heteroatoms. The zero-order valence-corrected chi connectivity index (χ0v) is 19.7. The van der Waals surface area contributed by atoms with Gasteiger partial charge in [0, 0.05) is 17.3 Å². The summed E-state index contributed by atoms with van der Waals surface area (Å²) in [6.07, 6.45) is 1.43. The molecule has 0 unspecified atom stereocenters. The van der Waals surface area contributed by atoms with Crippen molar-refractivity contribution in [2.45, 2.75) is 49.4 Å². The molecule has 1 fully saturated rings. The highest BCUT2D eigenvalue weighted by Gasteiger charge is 2.36. The fourth-order valence-electron chi connectivity index (χ4n) is 3.38. The SMILES string of the molecule is CC(C)(NC(=O)c1ccc(-c2cncc(C(F)(F)F)n2)cc1)c1cncc(CS(=O)(=O)C2CC2)n1. The lowest BCUT2D eigenvalue weighted by Crippen LogP contribution is -2.42. The average Bonchev–Trinajstić information content (AvgIpc) is 3.65. The van der Waals surface area contributed by atoms with Crippen molar-refractivity contribution in [1.29, 1.82) is 0 Å². The first-order chi connectivity index (χ1) is 16.3. The topological polar surface area (TPSA) is 115 Å². The Bertz CT molecular complexity index is 1360. The molecule has 1 aliphatic carbocycles. The van der Waals surface area contributed by atoms with Crippen LogP contribution in [0.4, 0.5) is 13.2 Å². The largest absolute Gasteiger partial charge is 0.434 e. The number of nitrogens with one attached hydrogen (secondary N) is 1. The molecule has 35 heavy (non-hydrogen) atoms. The number of hydrogen-bond donors (Lipinski definition) is 1. The van der Waals surface area contributed by atoms with E-state index in [1.54, 1.807) is 13.8 Å². The Labute approximate surface area is 200 Å². The van der Waals surface area contributed by atoms with Crippen LogP contribution in [0.1, 0.15) is 54.1 Å². The fraction of sp³-hybridized carbons (Fsp3) is 0.348. The monoisotopic (exact) mass is 505 g/mol. The lowest BCUT2D eigenvalue weighted by atomic mass is 9.99. The number of halogens is 3. The van der Waals surface area contributed by atoms with E-state index in [1.165, 1.54) is 42.9 Å². The van der Waals surface area contributed by atoms with E-state index in [0.29, 0.717) is 36.0 Å². The third kappa shape index (κ3) is 5.81. The first kappa shape index (κ1) is 24.7. The molecule has 8 nitrogen and oxygen atoms in total. The van der Waals surface area contributed by atoms with Gasteiger partial charge in [0.25, 0.3) is 5.91 Å². The van der Waals surface area contributed by atoms with Crippen LogP contribution in [-0.2, 0) is 27.3 Å². The van der Waals surface area contributed by atoms with Crippen LogP contribution in [0.3, 0.4) is 0 Å². The average molecular weight is 506 g/mol. The molecule has 1 amide bonds. The Morgan fingerprint density at radius 1 is 0.971 bits per heavy atom. The third-order valence-corrected chi connectivity index (χ3v) is 7.69. The minimum atomic E-state index is -4.61. The van der Waals surface area contributed by atoms with Gasteiger partial charge in [0.15, 0.2) is 15.5 Å². The quantitative estimate of drug-likeness (QED) is 0.521. The fourth-order valence-corrected chi connectivity index (χ4v) is 5.02. The number of rotatable bonds is 7. The first-order valence-electron chi connectivity index (χ1n) is 10.7. The van der Waals surface area contributed by atoms with Gasteiger partial charge in [-0.2, -0.15) is 13.2 Å². The van der Waals surface area contributed by atoms with Gasteiger partial charge in [-0.25, -0.2) is 13.4 Å². The summed E-state index contributed by atoms with van der Waals surface area (Å²) in [5.74, 6) is -0.655. The minimum Gasteiger partial charge on any atom is -0.341 e. The molecule has 1 saturated carbocycles. The van der Waals surface area contributed by atoms with Crippen LogP contribution in [0.25, 0.3) is 11.3 Å². The van der Waals surface area contributed by atoms with Crippen molar-refractivity contribution in [3.8, 4) is 11.3 Å². The number of amides is 1. The number of carbonyl (C=O) groups excluding carboxylic acids is 1. The molecule has 1 aliphatic rings. The van der Waals surface area contributed by atoms with Gasteiger partial charge < -0.3 is 5.32 Å². The zero-order chi connectivity index (χ0) is 25.4. The van der Waals surface area contributed by atoms with Crippen LogP contribution in [0.2, 0.25) is 0 Å². The van der Waals surface area contributed by atoms with Crippen LogP contribution in [0.5, 0.6) is 0 Å². The lowest BCUT2D eigenvalue weighted by molar-refractivity contribution is -0.141. The molecule has 1 aromatic carbocycles. The van der Waals surface area contributed by atoms with Crippen LogP contribution in [0, 0.1) is 0 Å². The van der Waals surface area contributed by atoms with Crippen molar-refractivity contribution in [3.63, 3.8) is 0 Å². The van der Waals surface area contributed by atoms with E-state index < -0.39 is 33.2 Å². The van der Waals surface area contributed by atoms with Crippen molar-refractivity contribution < 1.29 is 26.4 Å². The third-order valence-electron chi connectivity index (χ3n) is 5.50. The number of hydrogen-bond acceptors (Lipinski definition) is 7. The zero-order valence-electron chi connectivity index (χ0n) is 18.9.